The van der Waals surface area contributed by atoms with Crippen molar-refractivity contribution in [3.63, 3.8) is 0 Å². The quantitative estimate of drug-likeness (QED) is 0.0762. The van der Waals surface area contributed by atoms with E-state index in [-0.39, 0.29) is 36.2 Å². The molecule has 3 aliphatic heterocycles. The van der Waals surface area contributed by atoms with Crippen LogP contribution in [-0.2, 0) is 28.5 Å². The second-order valence-corrected chi connectivity index (χ2v) is 10.9. The molecule has 11 nitrogen and oxygen atoms in total. The zero-order chi connectivity index (χ0) is 28.6. The molecule has 3 heterocycles. The number of nitrogens with zero attached hydrogens (tertiary/aromatic N) is 3. The molecule has 216 valence electrons. The summed E-state index contributed by atoms with van der Waals surface area (Å²) in [6, 6.07) is -0.115. The van der Waals surface area contributed by atoms with Crippen LogP contribution in [0.2, 0.25) is 0 Å². The maximum Gasteiger partial charge on any atom is 0.303 e. The van der Waals surface area contributed by atoms with Crippen molar-refractivity contribution >= 4 is 11.9 Å². The predicted molar refractivity (Wildman–Crippen MR) is 145 cm³/mol. The van der Waals surface area contributed by atoms with Gasteiger partial charge in [0, 0.05) is 30.9 Å². The molecule has 39 heavy (non-hydrogen) atoms. The van der Waals surface area contributed by atoms with Gasteiger partial charge in [-0.25, -0.2) is 0 Å². The summed E-state index contributed by atoms with van der Waals surface area (Å²) in [7, 11) is 0. The van der Waals surface area contributed by atoms with Gasteiger partial charge in [0.05, 0.1) is 31.0 Å². The van der Waals surface area contributed by atoms with Crippen LogP contribution >= 0.6 is 0 Å². The van der Waals surface area contributed by atoms with E-state index < -0.39 is 29.9 Å². The van der Waals surface area contributed by atoms with Crippen molar-refractivity contribution in [3.8, 4) is 0 Å². The number of azide groups is 1. The van der Waals surface area contributed by atoms with Crippen molar-refractivity contribution in [2.75, 3.05) is 13.2 Å². The summed E-state index contributed by atoms with van der Waals surface area (Å²) in [4.78, 5) is 26.1. The van der Waals surface area contributed by atoms with E-state index >= 15 is 0 Å². The van der Waals surface area contributed by atoms with Crippen molar-refractivity contribution in [1.82, 2.24) is 5.32 Å². The molecule has 3 fully saturated rings. The van der Waals surface area contributed by atoms with Gasteiger partial charge in [-0.1, -0.05) is 35.8 Å². The molecular formula is C28H42N4O7. The van der Waals surface area contributed by atoms with Gasteiger partial charge in [-0.05, 0) is 57.6 Å². The smallest absolute Gasteiger partial charge is 0.303 e. The summed E-state index contributed by atoms with van der Waals surface area (Å²) < 4.78 is 22.9. The number of epoxide rings is 1. The molecule has 9 atom stereocenters. The third kappa shape index (κ3) is 9.19. The number of ether oxygens (including phenoxy) is 4. The van der Waals surface area contributed by atoms with Gasteiger partial charge in [0.1, 0.15) is 23.9 Å². The molecule has 0 bridgehead atoms. The van der Waals surface area contributed by atoms with Gasteiger partial charge in [0.15, 0.2) is 0 Å². The standard InChI is InChI=1S/C28H42N4O7/c1-17(7-10-25-27(35)28(16-36-28)15-22(39-25)12-13-30-32-29)6-9-24-18(2)14-23(20(4)38-24)31-26(34)11-8-19(3)37-21(5)33/h6-8,10-11,18-20,22-25,27,35H,9,12-16H2,1-5H3,(H,31,34)/b10-7+,11-8-,17-6+/t18-,19-,20+,22+,23+,24-,25+,27+,28+/m0/s1. The van der Waals surface area contributed by atoms with Crippen LogP contribution in [0.3, 0.4) is 0 Å². The number of allylic oxidation sites excluding steroid dienone is 2. The summed E-state index contributed by atoms with van der Waals surface area (Å²) >= 11 is 0. The number of carbonyl (C=O) groups excluding carboxylic acids is 2. The molecule has 0 aromatic rings. The first-order valence-electron chi connectivity index (χ1n) is 13.7. The Morgan fingerprint density at radius 3 is 2.69 bits per heavy atom. The molecule has 0 aliphatic carbocycles. The molecule has 0 aromatic carbocycles. The van der Waals surface area contributed by atoms with Crippen LogP contribution in [0.5, 0.6) is 0 Å². The summed E-state index contributed by atoms with van der Waals surface area (Å²) in [6.07, 6.45) is 9.57. The van der Waals surface area contributed by atoms with Crippen LogP contribution in [0, 0.1) is 5.92 Å². The van der Waals surface area contributed by atoms with Gasteiger partial charge in [0.2, 0.25) is 5.91 Å². The van der Waals surface area contributed by atoms with E-state index in [1.54, 1.807) is 13.0 Å². The van der Waals surface area contributed by atoms with E-state index in [4.69, 9.17) is 24.5 Å². The number of aliphatic hydroxyl groups excluding tert-OH is 1. The van der Waals surface area contributed by atoms with Crippen molar-refractivity contribution in [3.05, 3.63) is 46.4 Å². The first-order valence-corrected chi connectivity index (χ1v) is 13.7. The van der Waals surface area contributed by atoms with Crippen molar-refractivity contribution in [2.24, 2.45) is 11.0 Å². The van der Waals surface area contributed by atoms with E-state index in [0.717, 1.165) is 18.4 Å². The number of nitrogens with one attached hydrogen (secondary N) is 1. The Labute approximate surface area is 230 Å². The fourth-order valence-electron chi connectivity index (χ4n) is 5.18. The molecule has 0 aromatic heterocycles. The average Bonchev–Trinajstić information content (AvgIpc) is 3.65. The molecule has 11 heteroatoms. The van der Waals surface area contributed by atoms with Crippen LogP contribution in [0.25, 0.3) is 10.4 Å². The largest absolute Gasteiger partial charge is 0.459 e. The van der Waals surface area contributed by atoms with Gasteiger partial charge in [0.25, 0.3) is 0 Å². The molecule has 3 aliphatic rings. The Balaban J connectivity index is 1.49. The SMILES string of the molecule is CC(=O)O[C@@H](C)/C=C\C(=O)N[C@@H]1C[C@H](C)[C@H](C/C=C(C)/C=C/[C@H]2O[C@H](CCN=[N+]=[N-])C[C@@]3(CO3)[C@@H]2O)O[C@@H]1C. The lowest BCUT2D eigenvalue weighted by molar-refractivity contribution is -0.143. The Morgan fingerprint density at radius 1 is 1.28 bits per heavy atom. The normalized spacial score (nSPS) is 35.5. The monoisotopic (exact) mass is 546 g/mol. The lowest BCUT2D eigenvalue weighted by Gasteiger charge is -2.39. The number of rotatable bonds is 11. The maximum absolute atomic E-state index is 12.3. The van der Waals surface area contributed by atoms with E-state index in [2.05, 4.69) is 28.3 Å². The Hall–Kier alpha value is -2.69. The number of hydrogen-bond donors (Lipinski definition) is 2. The van der Waals surface area contributed by atoms with E-state index in [1.807, 2.05) is 26.0 Å². The van der Waals surface area contributed by atoms with Crippen LogP contribution in [0.1, 0.15) is 60.3 Å². The van der Waals surface area contributed by atoms with E-state index in [1.165, 1.54) is 13.0 Å². The molecule has 3 saturated heterocycles. The minimum atomic E-state index is -0.744. The van der Waals surface area contributed by atoms with Crippen LogP contribution in [0.4, 0.5) is 0 Å². The van der Waals surface area contributed by atoms with E-state index in [0.29, 0.717) is 26.0 Å². The zero-order valence-corrected chi connectivity index (χ0v) is 23.5. The topological polar surface area (TPSA) is 155 Å². The zero-order valence-electron chi connectivity index (χ0n) is 23.5. The Kier molecular flexibility index (Phi) is 11.1. The average molecular weight is 547 g/mol. The molecule has 1 amide bonds. The second kappa shape index (κ2) is 14.1. The Morgan fingerprint density at radius 2 is 2.03 bits per heavy atom. The van der Waals surface area contributed by atoms with Gasteiger partial charge >= 0.3 is 5.97 Å². The molecule has 2 N–H and O–H groups in total. The highest BCUT2D eigenvalue weighted by Crippen LogP contribution is 2.43. The third-order valence-corrected chi connectivity index (χ3v) is 7.54. The summed E-state index contributed by atoms with van der Waals surface area (Å²) in [5.41, 5.74) is 8.99. The number of amides is 1. The molecule has 0 unspecified atom stereocenters. The van der Waals surface area contributed by atoms with Crippen LogP contribution in [0.15, 0.2) is 41.1 Å². The van der Waals surface area contributed by atoms with Crippen LogP contribution < -0.4 is 5.32 Å². The maximum atomic E-state index is 12.3. The highest BCUT2D eigenvalue weighted by molar-refractivity contribution is 5.87. The molecule has 0 radical (unpaired) electrons. The fourth-order valence-corrected chi connectivity index (χ4v) is 5.18. The second-order valence-electron chi connectivity index (χ2n) is 10.9. The summed E-state index contributed by atoms with van der Waals surface area (Å²) in [6.45, 7) is 9.95. The van der Waals surface area contributed by atoms with Gasteiger partial charge in [-0.2, -0.15) is 0 Å². The molecular weight excluding hydrogens is 504 g/mol. The lowest BCUT2D eigenvalue weighted by atomic mass is 9.87. The number of aliphatic hydroxyl groups is 1. The summed E-state index contributed by atoms with van der Waals surface area (Å²) in [5.74, 6) is -0.405. The first kappa shape index (κ1) is 30.8. The van der Waals surface area contributed by atoms with Crippen molar-refractivity contribution in [2.45, 2.75) is 109 Å². The third-order valence-electron chi connectivity index (χ3n) is 7.54. The van der Waals surface area contributed by atoms with Gasteiger partial charge in [-0.3, -0.25) is 9.59 Å². The van der Waals surface area contributed by atoms with Gasteiger partial charge < -0.3 is 29.4 Å². The number of esters is 1. The minimum absolute atomic E-state index is 0.0146. The Bertz CT molecular complexity index is 1000. The fraction of sp³-hybridized carbons (Fsp3) is 0.714. The van der Waals surface area contributed by atoms with E-state index in [9.17, 15) is 14.7 Å². The molecule has 3 rings (SSSR count). The highest BCUT2D eigenvalue weighted by atomic mass is 16.6. The number of hydrogen-bond acceptors (Lipinski definition) is 8. The number of carbonyl (C=O) groups is 2. The highest BCUT2D eigenvalue weighted by Gasteiger charge is 2.58. The summed E-state index contributed by atoms with van der Waals surface area (Å²) in [5, 5.41) is 17.4. The predicted octanol–water partition coefficient (Wildman–Crippen LogP) is 3.67. The molecule has 0 saturated carbocycles. The van der Waals surface area contributed by atoms with Crippen molar-refractivity contribution in [1.29, 1.82) is 0 Å². The minimum Gasteiger partial charge on any atom is -0.459 e. The van der Waals surface area contributed by atoms with Gasteiger partial charge in [-0.15, -0.1) is 0 Å². The lowest BCUT2D eigenvalue weighted by Crippen LogP contribution is -2.50. The van der Waals surface area contributed by atoms with Crippen LogP contribution in [-0.4, -0.2) is 78.4 Å². The van der Waals surface area contributed by atoms with Crippen molar-refractivity contribution < 1.29 is 33.6 Å². The first-order chi connectivity index (χ1) is 18.5. The molecule has 1 spiro atoms.